The fourth-order valence-corrected chi connectivity index (χ4v) is 6.22. The number of nitrogens with two attached hydrogens (primary N) is 2. The van der Waals surface area contributed by atoms with E-state index in [1.165, 1.54) is 36.8 Å². The Hall–Kier alpha value is -0.880. The molecule has 0 unspecified atom stereocenters. The molecule has 2 aromatic rings. The van der Waals surface area contributed by atoms with E-state index in [9.17, 15) is 0 Å². The minimum Gasteiger partial charge on any atom is -0.388 e. The molecule has 2 fully saturated rings. The van der Waals surface area contributed by atoms with Gasteiger partial charge in [0.25, 0.3) is 0 Å². The van der Waals surface area contributed by atoms with Gasteiger partial charge >= 0.3 is 0 Å². The summed E-state index contributed by atoms with van der Waals surface area (Å²) < 4.78 is 0. The highest BCUT2D eigenvalue weighted by Crippen LogP contribution is 2.46. The summed E-state index contributed by atoms with van der Waals surface area (Å²) in [7, 11) is 0. The number of benzene rings is 2. The van der Waals surface area contributed by atoms with Gasteiger partial charge in [0.05, 0.1) is 31.8 Å². The molecule has 2 aromatic carbocycles. The summed E-state index contributed by atoms with van der Waals surface area (Å²) in [6.45, 7) is 0. The van der Waals surface area contributed by atoms with Crippen molar-refractivity contribution in [1.82, 2.24) is 0 Å². The van der Waals surface area contributed by atoms with E-state index >= 15 is 0 Å². The number of amidine groups is 2. The second-order valence-electron chi connectivity index (χ2n) is 9.64. The minimum absolute atomic E-state index is 0. The third kappa shape index (κ3) is 8.06. The van der Waals surface area contributed by atoms with Gasteiger partial charge in [0, 0.05) is 23.7 Å². The van der Waals surface area contributed by atoms with Crippen LogP contribution in [0, 0.1) is 10.8 Å². The molecule has 36 heavy (non-hydrogen) atoms. The third-order valence-corrected chi connectivity index (χ3v) is 8.72. The van der Waals surface area contributed by atoms with Crippen LogP contribution in [0.5, 0.6) is 0 Å². The molecular weight excluding hydrogens is 581 g/mol. The van der Waals surface area contributed by atoms with Crippen LogP contribution >= 0.6 is 71.2 Å². The van der Waals surface area contributed by atoms with Gasteiger partial charge in [-0.2, -0.15) is 0 Å². The molecule has 0 heterocycles. The van der Waals surface area contributed by atoms with Crippen molar-refractivity contribution in [2.24, 2.45) is 11.5 Å². The molecule has 0 aromatic heterocycles. The first-order valence-electron chi connectivity index (χ1n) is 11.6. The van der Waals surface area contributed by atoms with Crippen LogP contribution in [0.3, 0.4) is 0 Å². The third-order valence-electron chi connectivity index (χ3n) is 7.24. The summed E-state index contributed by atoms with van der Waals surface area (Å²) in [6, 6.07) is 11.6. The minimum atomic E-state index is 0. The molecule has 4 nitrogen and oxygen atoms in total. The van der Waals surface area contributed by atoms with E-state index in [-0.39, 0.29) is 47.3 Å². The molecule has 200 valence electrons. The van der Waals surface area contributed by atoms with Gasteiger partial charge < -0.3 is 11.5 Å². The van der Waals surface area contributed by atoms with Gasteiger partial charge in [-0.1, -0.05) is 84.2 Å². The predicted octanol–water partition coefficient (Wildman–Crippen LogP) is 9.11. The normalized spacial score (nSPS) is 17.2. The Morgan fingerprint density at radius 3 is 1.17 bits per heavy atom. The maximum absolute atomic E-state index is 7.55. The number of hydrogen-bond donors (Lipinski definition) is 4. The van der Waals surface area contributed by atoms with Crippen molar-refractivity contribution >= 4 is 82.9 Å². The molecule has 2 aliphatic rings. The fourth-order valence-electron chi connectivity index (χ4n) is 5.62. The number of rotatable bonds is 6. The van der Waals surface area contributed by atoms with Crippen molar-refractivity contribution < 1.29 is 0 Å². The van der Waals surface area contributed by atoms with Crippen molar-refractivity contribution in [3.63, 3.8) is 0 Å². The number of nitrogens with one attached hydrogen (secondary N) is 2. The monoisotopic (exact) mass is 612 g/mol. The molecule has 0 bridgehead atoms. The van der Waals surface area contributed by atoms with Crippen molar-refractivity contribution in [3.05, 3.63) is 67.6 Å². The van der Waals surface area contributed by atoms with Crippen molar-refractivity contribution in [1.29, 1.82) is 10.8 Å². The molecule has 2 aliphatic carbocycles. The second-order valence-corrected chi connectivity index (χ2v) is 11.3. The Balaban J connectivity index is 0.000000341. The average molecular weight is 615 g/mol. The molecular formula is C26H34Cl6N4. The summed E-state index contributed by atoms with van der Waals surface area (Å²) in [6.07, 6.45) is 10.3. The van der Waals surface area contributed by atoms with Crippen LogP contribution in [-0.4, -0.2) is 11.7 Å². The molecule has 0 amide bonds. The highest BCUT2D eigenvalue weighted by atomic mass is 35.5. The zero-order valence-electron chi connectivity index (χ0n) is 20.0. The molecule has 2 saturated carbocycles. The average Bonchev–Trinajstić information content (AvgIpc) is 3.43. The Bertz CT molecular complexity index is 963. The fraction of sp³-hybridized carbons (Fsp3) is 0.462. The Kier molecular flexibility index (Phi) is 13.2. The lowest BCUT2D eigenvalue weighted by Crippen LogP contribution is -2.29. The first-order chi connectivity index (χ1) is 16.1. The smallest absolute Gasteiger partial charge is 0.0914 e. The lowest BCUT2D eigenvalue weighted by atomic mass is 9.76. The van der Waals surface area contributed by atoms with E-state index in [0.29, 0.717) is 32.9 Å². The van der Waals surface area contributed by atoms with E-state index in [1.54, 1.807) is 0 Å². The van der Waals surface area contributed by atoms with Gasteiger partial charge in [0.2, 0.25) is 0 Å². The van der Waals surface area contributed by atoms with Gasteiger partial charge in [-0.3, -0.25) is 10.8 Å². The molecule has 0 aliphatic heterocycles. The van der Waals surface area contributed by atoms with Crippen LogP contribution in [0.15, 0.2) is 36.4 Å². The number of hydrogen-bond acceptors (Lipinski definition) is 2. The van der Waals surface area contributed by atoms with Crippen molar-refractivity contribution in [2.75, 3.05) is 0 Å². The van der Waals surface area contributed by atoms with Gasteiger partial charge in [-0.15, -0.1) is 24.8 Å². The second kappa shape index (κ2) is 14.3. The summed E-state index contributed by atoms with van der Waals surface area (Å²) in [5, 5.41) is 17.4. The van der Waals surface area contributed by atoms with Gasteiger partial charge in [-0.05, 0) is 61.1 Å². The maximum Gasteiger partial charge on any atom is 0.0914 e. The summed E-state index contributed by atoms with van der Waals surface area (Å²) in [5.74, 6) is 0.496. The molecule has 0 atom stereocenters. The predicted molar refractivity (Wildman–Crippen MR) is 161 cm³/mol. The quantitative estimate of drug-likeness (QED) is 0.193. The van der Waals surface area contributed by atoms with E-state index in [1.807, 2.05) is 36.4 Å². The van der Waals surface area contributed by atoms with Crippen LogP contribution in [0.2, 0.25) is 20.1 Å². The molecule has 0 spiro atoms. The van der Waals surface area contributed by atoms with Crippen LogP contribution in [0.4, 0.5) is 0 Å². The molecule has 4 rings (SSSR count). The van der Waals surface area contributed by atoms with Gasteiger partial charge in [0.1, 0.15) is 0 Å². The van der Waals surface area contributed by atoms with E-state index in [2.05, 4.69) is 0 Å². The lowest BCUT2D eigenvalue weighted by Gasteiger charge is -2.29. The first-order valence-corrected chi connectivity index (χ1v) is 13.1. The number of halogens is 6. The van der Waals surface area contributed by atoms with Crippen LogP contribution in [-0.2, 0) is 10.8 Å². The zero-order valence-corrected chi connectivity index (χ0v) is 24.7. The highest BCUT2D eigenvalue weighted by molar-refractivity contribution is 6.42. The molecule has 6 N–H and O–H groups in total. The lowest BCUT2D eigenvalue weighted by molar-refractivity contribution is 0.457. The Morgan fingerprint density at radius 1 is 0.611 bits per heavy atom. The summed E-state index contributed by atoms with van der Waals surface area (Å²) >= 11 is 24.0. The van der Waals surface area contributed by atoms with Crippen LogP contribution < -0.4 is 11.5 Å². The van der Waals surface area contributed by atoms with E-state index in [4.69, 9.17) is 68.7 Å². The van der Waals surface area contributed by atoms with Crippen molar-refractivity contribution in [2.45, 2.75) is 75.0 Å². The topological polar surface area (TPSA) is 99.7 Å². The van der Waals surface area contributed by atoms with Crippen LogP contribution in [0.1, 0.15) is 75.3 Å². The Morgan fingerprint density at radius 2 is 0.917 bits per heavy atom. The largest absolute Gasteiger partial charge is 0.388 e. The molecule has 0 saturated heterocycles. The van der Waals surface area contributed by atoms with Gasteiger partial charge in [-0.25, -0.2) is 0 Å². The zero-order chi connectivity index (χ0) is 24.9. The SMILES string of the molecule is Cl.Cl.N=C(N)CC1(c2ccc(Cl)c(Cl)c2)CCCC1.N=C(N)CC1(c2ccc(Cl)c(Cl)c2)CCCC1. The standard InChI is InChI=1S/2C13H16Cl2N2.2ClH/c2*14-10-4-3-9(7-11(10)15)13(8-12(16)17)5-1-2-6-13;;/h2*3-4,7H,1-2,5-6,8H2,(H3,16,17);2*1H. The van der Waals surface area contributed by atoms with Crippen LogP contribution in [0.25, 0.3) is 0 Å². The first kappa shape index (κ1) is 33.1. The summed E-state index contributed by atoms with van der Waals surface area (Å²) in [4.78, 5) is 0. The maximum atomic E-state index is 7.55. The Labute approximate surface area is 246 Å². The van der Waals surface area contributed by atoms with Crippen molar-refractivity contribution in [3.8, 4) is 0 Å². The van der Waals surface area contributed by atoms with Gasteiger partial charge in [0.15, 0.2) is 0 Å². The highest BCUT2D eigenvalue weighted by Gasteiger charge is 2.37. The van der Waals surface area contributed by atoms with E-state index < -0.39 is 0 Å². The molecule has 10 heteroatoms. The van der Waals surface area contributed by atoms with E-state index in [0.717, 1.165) is 25.7 Å². The molecule has 0 radical (unpaired) electrons. The summed E-state index contributed by atoms with van der Waals surface area (Å²) in [5.41, 5.74) is 13.5.